The Hall–Kier alpha value is -5.37. The molecule has 4 rings (SSSR count). The van der Waals surface area contributed by atoms with Crippen LogP contribution in [0.2, 0.25) is 0 Å². The van der Waals surface area contributed by atoms with E-state index in [1.165, 1.54) is 27.9 Å². The van der Waals surface area contributed by atoms with Crippen LogP contribution in [0, 0.1) is 20.8 Å². The predicted molar refractivity (Wildman–Crippen MR) is 161 cm³/mol. The van der Waals surface area contributed by atoms with E-state index in [0.717, 1.165) is 44.2 Å². The van der Waals surface area contributed by atoms with Crippen molar-refractivity contribution in [2.24, 2.45) is 7.05 Å². The minimum absolute atomic E-state index is 0.558. The van der Waals surface area contributed by atoms with E-state index in [-0.39, 0.29) is 0 Å². The van der Waals surface area contributed by atoms with Crippen LogP contribution in [0.1, 0.15) is 22.4 Å². The van der Waals surface area contributed by atoms with Gasteiger partial charge in [-0.1, -0.05) is 18.2 Å². The lowest BCUT2D eigenvalue weighted by Gasteiger charge is -2.36. The molecule has 234 valence electrons. The van der Waals surface area contributed by atoms with Crippen LogP contribution in [-0.2, 0) is 32.8 Å². The van der Waals surface area contributed by atoms with E-state index in [4.69, 9.17) is 30.4 Å². The molecule has 1 aromatic carbocycles. The number of aryl methyl sites for hydroxylation is 3. The van der Waals surface area contributed by atoms with E-state index in [9.17, 15) is 19.2 Å². The Balaban J connectivity index is 0.000000349. The average Bonchev–Trinajstić information content (AvgIpc) is 3.28. The van der Waals surface area contributed by atoms with Gasteiger partial charge in [-0.2, -0.15) is 5.10 Å². The molecule has 0 atom stereocenters. The number of hydrogen-bond donors (Lipinski definition) is 4. The molecule has 3 aromatic rings. The smallest absolute Gasteiger partial charge is 0.328 e. The standard InChI is InChI=1S/C22H28N6.2C4H4O4/c1-16-6-5-7-17(2)20(16)21-22(24-9-8-23-21)28-12-10-27(11-13-28)15-19-14-25-26(4)18(19)3;2*5-3(6)1-2-4(7)8/h5-9,14H,10-13,15H2,1-4H3;2*1-2H,(H,5,6)(H,7,8)/b;2*2-1+. The summed E-state index contributed by atoms with van der Waals surface area (Å²) in [7, 11) is 2.00. The molecular formula is C30H36N6O8. The van der Waals surface area contributed by atoms with Gasteiger partial charge in [0.1, 0.15) is 5.69 Å². The molecule has 1 saturated heterocycles. The first-order valence-corrected chi connectivity index (χ1v) is 13.4. The Labute approximate surface area is 254 Å². The number of carbonyl (C=O) groups is 4. The SMILES string of the molecule is Cc1cccc(C)c1-c1nccnc1N1CCN(Cc2cnn(C)c2C)CC1.O=C(O)/C=C/C(=O)O.O=C(O)/C=C/C(=O)O. The first-order chi connectivity index (χ1) is 20.8. The molecule has 14 nitrogen and oxygen atoms in total. The second-order valence-corrected chi connectivity index (χ2v) is 9.66. The average molecular weight is 609 g/mol. The zero-order valence-electron chi connectivity index (χ0n) is 24.9. The van der Waals surface area contributed by atoms with Crippen LogP contribution in [0.3, 0.4) is 0 Å². The molecule has 0 saturated carbocycles. The normalized spacial score (nSPS) is 13.1. The molecule has 3 heterocycles. The van der Waals surface area contributed by atoms with Gasteiger partial charge in [-0.25, -0.2) is 24.2 Å². The van der Waals surface area contributed by atoms with Crippen LogP contribution in [0.25, 0.3) is 11.3 Å². The van der Waals surface area contributed by atoms with E-state index in [2.05, 4.69) is 53.9 Å². The first-order valence-electron chi connectivity index (χ1n) is 13.4. The van der Waals surface area contributed by atoms with Crippen LogP contribution in [-0.4, -0.2) is 95.1 Å². The van der Waals surface area contributed by atoms with E-state index in [1.54, 1.807) is 12.4 Å². The summed E-state index contributed by atoms with van der Waals surface area (Å²) < 4.78 is 1.95. The molecule has 0 amide bonds. The van der Waals surface area contributed by atoms with Crippen molar-refractivity contribution in [3.05, 3.63) is 83.5 Å². The number of carboxylic acid groups (broad SMARTS) is 4. The number of carboxylic acids is 4. The highest BCUT2D eigenvalue weighted by molar-refractivity contribution is 5.90. The van der Waals surface area contributed by atoms with Gasteiger partial charge >= 0.3 is 23.9 Å². The van der Waals surface area contributed by atoms with Crippen molar-refractivity contribution in [1.82, 2.24) is 24.6 Å². The Kier molecular flexibility index (Phi) is 13.4. The fourth-order valence-electron chi connectivity index (χ4n) is 4.27. The van der Waals surface area contributed by atoms with Gasteiger partial charge in [0.2, 0.25) is 0 Å². The largest absolute Gasteiger partial charge is 0.478 e. The van der Waals surface area contributed by atoms with Crippen molar-refractivity contribution >= 4 is 29.7 Å². The highest BCUT2D eigenvalue weighted by Crippen LogP contribution is 2.32. The summed E-state index contributed by atoms with van der Waals surface area (Å²) in [6.45, 7) is 11.3. The van der Waals surface area contributed by atoms with Crippen LogP contribution < -0.4 is 4.90 Å². The van der Waals surface area contributed by atoms with Gasteiger partial charge in [0.25, 0.3) is 0 Å². The van der Waals surface area contributed by atoms with Gasteiger partial charge in [0, 0.05) is 93.3 Å². The second kappa shape index (κ2) is 16.9. The summed E-state index contributed by atoms with van der Waals surface area (Å²) in [4.78, 5) is 52.5. The van der Waals surface area contributed by atoms with Gasteiger partial charge in [0.05, 0.1) is 6.20 Å². The van der Waals surface area contributed by atoms with E-state index >= 15 is 0 Å². The number of rotatable bonds is 8. The van der Waals surface area contributed by atoms with Crippen molar-refractivity contribution in [1.29, 1.82) is 0 Å². The monoisotopic (exact) mass is 608 g/mol. The van der Waals surface area contributed by atoms with E-state index < -0.39 is 23.9 Å². The molecule has 0 radical (unpaired) electrons. The number of hydrogen-bond acceptors (Lipinski definition) is 9. The molecule has 1 aliphatic rings. The third kappa shape index (κ3) is 11.1. The van der Waals surface area contributed by atoms with Crippen LogP contribution in [0.4, 0.5) is 5.82 Å². The molecule has 0 aliphatic carbocycles. The van der Waals surface area contributed by atoms with Gasteiger partial charge in [-0.15, -0.1) is 0 Å². The van der Waals surface area contributed by atoms with Crippen molar-refractivity contribution < 1.29 is 39.6 Å². The highest BCUT2D eigenvalue weighted by Gasteiger charge is 2.23. The summed E-state index contributed by atoms with van der Waals surface area (Å²) in [5.41, 5.74) is 7.24. The van der Waals surface area contributed by atoms with Gasteiger partial charge < -0.3 is 25.3 Å². The number of nitrogens with zero attached hydrogens (tertiary/aromatic N) is 6. The summed E-state index contributed by atoms with van der Waals surface area (Å²) in [5.74, 6) is -4.03. The maximum Gasteiger partial charge on any atom is 0.328 e. The maximum absolute atomic E-state index is 9.55. The lowest BCUT2D eigenvalue weighted by atomic mass is 9.99. The lowest BCUT2D eigenvalue weighted by Crippen LogP contribution is -2.46. The van der Waals surface area contributed by atoms with E-state index in [0.29, 0.717) is 24.3 Å². The minimum atomic E-state index is -1.26. The minimum Gasteiger partial charge on any atom is -0.478 e. The molecule has 0 spiro atoms. The third-order valence-corrected chi connectivity index (χ3v) is 6.54. The van der Waals surface area contributed by atoms with Gasteiger partial charge in [-0.3, -0.25) is 14.6 Å². The molecule has 2 aromatic heterocycles. The van der Waals surface area contributed by atoms with Gasteiger partial charge in [0.15, 0.2) is 5.82 Å². The molecule has 0 bridgehead atoms. The summed E-state index contributed by atoms with van der Waals surface area (Å²) in [5, 5.41) is 35.6. The summed E-state index contributed by atoms with van der Waals surface area (Å²) in [6, 6.07) is 6.40. The molecular weight excluding hydrogens is 572 g/mol. The van der Waals surface area contributed by atoms with Gasteiger partial charge in [-0.05, 0) is 31.9 Å². The van der Waals surface area contributed by atoms with Crippen LogP contribution in [0.5, 0.6) is 0 Å². The first kappa shape index (κ1) is 34.8. The van der Waals surface area contributed by atoms with Crippen LogP contribution in [0.15, 0.2) is 61.1 Å². The Morgan fingerprint density at radius 1 is 0.773 bits per heavy atom. The number of aliphatic carboxylic acids is 4. The summed E-state index contributed by atoms with van der Waals surface area (Å²) in [6.07, 6.45) is 7.82. The second-order valence-electron chi connectivity index (χ2n) is 9.66. The quantitative estimate of drug-likeness (QED) is 0.272. The summed E-state index contributed by atoms with van der Waals surface area (Å²) >= 11 is 0. The number of aromatic nitrogens is 4. The fourth-order valence-corrected chi connectivity index (χ4v) is 4.27. The predicted octanol–water partition coefficient (Wildman–Crippen LogP) is 2.55. The Morgan fingerprint density at radius 2 is 1.25 bits per heavy atom. The number of piperazine rings is 1. The molecule has 1 aliphatic heterocycles. The third-order valence-electron chi connectivity index (χ3n) is 6.54. The van der Waals surface area contributed by atoms with Crippen molar-refractivity contribution in [2.75, 3.05) is 31.1 Å². The maximum atomic E-state index is 9.55. The van der Waals surface area contributed by atoms with Crippen molar-refractivity contribution in [2.45, 2.75) is 27.3 Å². The zero-order valence-corrected chi connectivity index (χ0v) is 24.9. The molecule has 4 N–H and O–H groups in total. The molecule has 0 unspecified atom stereocenters. The Bertz CT molecular complexity index is 1440. The highest BCUT2D eigenvalue weighted by atomic mass is 16.4. The lowest BCUT2D eigenvalue weighted by molar-refractivity contribution is -0.134. The van der Waals surface area contributed by atoms with E-state index in [1.807, 2.05) is 17.9 Å². The zero-order chi connectivity index (χ0) is 32.8. The van der Waals surface area contributed by atoms with Crippen LogP contribution >= 0.6 is 0 Å². The molecule has 1 fully saturated rings. The Morgan fingerprint density at radius 3 is 1.68 bits per heavy atom. The molecule has 44 heavy (non-hydrogen) atoms. The topological polar surface area (TPSA) is 199 Å². The van der Waals surface area contributed by atoms with Crippen molar-refractivity contribution in [3.8, 4) is 11.3 Å². The number of anilines is 1. The molecule has 14 heteroatoms. The fraction of sp³-hybridized carbons (Fsp3) is 0.300. The number of benzene rings is 1. The van der Waals surface area contributed by atoms with Crippen molar-refractivity contribution in [3.63, 3.8) is 0 Å².